The summed E-state index contributed by atoms with van der Waals surface area (Å²) >= 11 is 0. The highest BCUT2D eigenvalue weighted by atomic mass is 15.3. The number of piperidine rings is 1. The molecule has 4 nitrogen and oxygen atoms in total. The monoisotopic (exact) mass is 262 g/mol. The molecule has 0 bridgehead atoms. The van der Waals surface area contributed by atoms with Crippen LogP contribution in [-0.4, -0.2) is 28.6 Å². The second-order valence-corrected chi connectivity index (χ2v) is 5.97. The van der Waals surface area contributed by atoms with Gasteiger partial charge in [0.1, 0.15) is 0 Å². The van der Waals surface area contributed by atoms with Crippen molar-refractivity contribution in [3.05, 3.63) is 17.5 Å². The van der Waals surface area contributed by atoms with Crippen LogP contribution in [0.15, 0.2) is 6.07 Å². The minimum Gasteiger partial charge on any atom is -0.334 e. The number of rotatable bonds is 3. The topological polar surface area (TPSA) is 55.0 Å². The van der Waals surface area contributed by atoms with Crippen molar-refractivity contribution in [2.24, 2.45) is 5.73 Å². The van der Waals surface area contributed by atoms with Crippen LogP contribution in [0.4, 0.5) is 5.95 Å². The minimum absolute atomic E-state index is 0.380. The fourth-order valence-electron chi connectivity index (χ4n) is 2.87. The predicted molar refractivity (Wildman–Crippen MR) is 79.5 cm³/mol. The summed E-state index contributed by atoms with van der Waals surface area (Å²) in [4.78, 5) is 11.7. The lowest BCUT2D eigenvalue weighted by Gasteiger charge is -2.40. The highest BCUT2D eigenvalue weighted by molar-refractivity contribution is 5.37. The van der Waals surface area contributed by atoms with Gasteiger partial charge in [0.15, 0.2) is 0 Å². The maximum atomic E-state index is 5.93. The highest BCUT2D eigenvalue weighted by Gasteiger charge is 2.29. The van der Waals surface area contributed by atoms with Crippen molar-refractivity contribution in [3.63, 3.8) is 0 Å². The van der Waals surface area contributed by atoms with E-state index in [0.717, 1.165) is 23.8 Å². The molecule has 0 aromatic carbocycles. The molecular formula is C15H26N4. The van der Waals surface area contributed by atoms with E-state index in [9.17, 15) is 0 Å². The summed E-state index contributed by atoms with van der Waals surface area (Å²) in [6.45, 7) is 9.32. The van der Waals surface area contributed by atoms with E-state index in [1.54, 1.807) is 0 Å². The van der Waals surface area contributed by atoms with Crippen LogP contribution in [0.5, 0.6) is 0 Å². The first-order valence-corrected chi connectivity index (χ1v) is 7.37. The quantitative estimate of drug-likeness (QED) is 0.909. The average molecular weight is 262 g/mol. The zero-order valence-electron chi connectivity index (χ0n) is 12.6. The normalized spacial score (nSPS) is 24.0. The Bertz CT molecular complexity index is 430. The third-order valence-corrected chi connectivity index (χ3v) is 3.98. The Hall–Kier alpha value is -1.16. The molecule has 1 aliphatic heterocycles. The van der Waals surface area contributed by atoms with Crippen LogP contribution in [0.1, 0.15) is 57.3 Å². The Labute approximate surface area is 116 Å². The van der Waals surface area contributed by atoms with Gasteiger partial charge in [-0.05, 0) is 45.1 Å². The molecule has 0 radical (unpaired) electrons. The maximum Gasteiger partial charge on any atom is 0.226 e. The largest absolute Gasteiger partial charge is 0.334 e. The molecular weight excluding hydrogens is 236 g/mol. The van der Waals surface area contributed by atoms with Crippen LogP contribution in [0.2, 0.25) is 0 Å². The molecule has 19 heavy (non-hydrogen) atoms. The van der Waals surface area contributed by atoms with Gasteiger partial charge in [-0.3, -0.25) is 0 Å². The van der Waals surface area contributed by atoms with Gasteiger partial charge >= 0.3 is 0 Å². The van der Waals surface area contributed by atoms with Crippen LogP contribution in [-0.2, 0) is 0 Å². The lowest BCUT2D eigenvalue weighted by molar-refractivity contribution is 0.393. The first kappa shape index (κ1) is 14.3. The van der Waals surface area contributed by atoms with Gasteiger partial charge < -0.3 is 10.6 Å². The van der Waals surface area contributed by atoms with Crippen molar-refractivity contribution < 1.29 is 0 Å². The van der Waals surface area contributed by atoms with Gasteiger partial charge in [-0.1, -0.05) is 13.8 Å². The molecule has 2 atom stereocenters. The SMILES string of the molecule is Cc1cc(C(C)C)nc(N2C(C)CCCC2CN)n1. The fourth-order valence-corrected chi connectivity index (χ4v) is 2.87. The minimum atomic E-state index is 0.380. The summed E-state index contributed by atoms with van der Waals surface area (Å²) in [5.41, 5.74) is 8.10. The summed E-state index contributed by atoms with van der Waals surface area (Å²) < 4.78 is 0. The summed E-state index contributed by atoms with van der Waals surface area (Å²) in [7, 11) is 0. The Morgan fingerprint density at radius 2 is 2.11 bits per heavy atom. The highest BCUT2D eigenvalue weighted by Crippen LogP contribution is 2.27. The van der Waals surface area contributed by atoms with Crippen molar-refractivity contribution in [1.29, 1.82) is 0 Å². The standard InChI is InChI=1S/C15H26N4/c1-10(2)14-8-11(3)17-15(18-14)19-12(4)6-5-7-13(19)9-16/h8,10,12-13H,5-7,9,16H2,1-4H3. The number of aryl methyl sites for hydroxylation is 1. The summed E-state index contributed by atoms with van der Waals surface area (Å²) in [6.07, 6.45) is 3.60. The Kier molecular flexibility index (Phi) is 4.40. The molecule has 2 rings (SSSR count). The smallest absolute Gasteiger partial charge is 0.226 e. The van der Waals surface area contributed by atoms with Crippen molar-refractivity contribution in [2.45, 2.75) is 65.0 Å². The fraction of sp³-hybridized carbons (Fsp3) is 0.733. The lowest BCUT2D eigenvalue weighted by Crippen LogP contribution is -2.50. The van der Waals surface area contributed by atoms with Gasteiger partial charge in [0.05, 0.1) is 0 Å². The van der Waals surface area contributed by atoms with E-state index in [1.807, 2.05) is 6.92 Å². The van der Waals surface area contributed by atoms with Crippen molar-refractivity contribution in [2.75, 3.05) is 11.4 Å². The molecule has 0 aliphatic carbocycles. The van der Waals surface area contributed by atoms with E-state index >= 15 is 0 Å². The zero-order chi connectivity index (χ0) is 14.0. The van der Waals surface area contributed by atoms with E-state index in [0.29, 0.717) is 24.5 Å². The summed E-state index contributed by atoms with van der Waals surface area (Å²) in [6, 6.07) is 2.94. The summed E-state index contributed by atoms with van der Waals surface area (Å²) in [5.74, 6) is 1.29. The number of hydrogen-bond acceptors (Lipinski definition) is 4. The Morgan fingerprint density at radius 3 is 2.74 bits per heavy atom. The molecule has 1 saturated heterocycles. The molecule has 0 saturated carbocycles. The van der Waals surface area contributed by atoms with Gasteiger partial charge in [0.25, 0.3) is 0 Å². The van der Waals surface area contributed by atoms with E-state index < -0.39 is 0 Å². The molecule has 0 amide bonds. The molecule has 1 aromatic heterocycles. The van der Waals surface area contributed by atoms with Crippen LogP contribution in [0.3, 0.4) is 0 Å². The molecule has 0 spiro atoms. The molecule has 2 N–H and O–H groups in total. The number of hydrogen-bond donors (Lipinski definition) is 1. The van der Waals surface area contributed by atoms with Gasteiger partial charge in [-0.2, -0.15) is 0 Å². The van der Waals surface area contributed by atoms with Crippen molar-refractivity contribution >= 4 is 5.95 Å². The van der Waals surface area contributed by atoms with Gasteiger partial charge in [-0.15, -0.1) is 0 Å². The molecule has 4 heteroatoms. The van der Waals surface area contributed by atoms with E-state index in [1.165, 1.54) is 12.8 Å². The third kappa shape index (κ3) is 3.06. The Balaban J connectivity index is 2.37. The van der Waals surface area contributed by atoms with E-state index in [4.69, 9.17) is 10.7 Å². The van der Waals surface area contributed by atoms with E-state index in [2.05, 4.69) is 36.7 Å². The van der Waals surface area contributed by atoms with Gasteiger partial charge in [-0.25, -0.2) is 9.97 Å². The first-order chi connectivity index (χ1) is 9.02. The Morgan fingerprint density at radius 1 is 1.37 bits per heavy atom. The lowest BCUT2D eigenvalue weighted by atomic mass is 9.97. The second-order valence-electron chi connectivity index (χ2n) is 5.97. The molecule has 2 heterocycles. The van der Waals surface area contributed by atoms with E-state index in [-0.39, 0.29) is 0 Å². The predicted octanol–water partition coefficient (Wildman–Crippen LogP) is 2.61. The molecule has 2 unspecified atom stereocenters. The summed E-state index contributed by atoms with van der Waals surface area (Å²) in [5, 5.41) is 0. The molecule has 1 aromatic rings. The van der Waals surface area contributed by atoms with Crippen LogP contribution in [0.25, 0.3) is 0 Å². The van der Waals surface area contributed by atoms with Crippen LogP contribution < -0.4 is 10.6 Å². The van der Waals surface area contributed by atoms with Crippen LogP contribution >= 0.6 is 0 Å². The van der Waals surface area contributed by atoms with Crippen molar-refractivity contribution in [1.82, 2.24) is 9.97 Å². The number of anilines is 1. The average Bonchev–Trinajstić information content (AvgIpc) is 2.37. The van der Waals surface area contributed by atoms with Crippen LogP contribution in [0, 0.1) is 6.92 Å². The van der Waals surface area contributed by atoms with Gasteiger partial charge in [0, 0.05) is 30.0 Å². The molecule has 106 valence electrons. The number of nitrogens with zero attached hydrogens (tertiary/aromatic N) is 3. The number of nitrogens with two attached hydrogens (primary N) is 1. The molecule has 1 aliphatic rings. The first-order valence-electron chi connectivity index (χ1n) is 7.37. The second kappa shape index (κ2) is 5.87. The van der Waals surface area contributed by atoms with Gasteiger partial charge in [0.2, 0.25) is 5.95 Å². The maximum absolute atomic E-state index is 5.93. The molecule has 1 fully saturated rings. The zero-order valence-corrected chi connectivity index (χ0v) is 12.6. The van der Waals surface area contributed by atoms with Crippen molar-refractivity contribution in [3.8, 4) is 0 Å². The number of aromatic nitrogens is 2. The third-order valence-electron chi connectivity index (χ3n) is 3.98.